The van der Waals surface area contributed by atoms with Crippen molar-refractivity contribution in [3.63, 3.8) is 0 Å². The summed E-state index contributed by atoms with van der Waals surface area (Å²) in [7, 11) is 3.34. The van der Waals surface area contributed by atoms with Gasteiger partial charge in [0.1, 0.15) is 12.3 Å². The molecule has 2 aromatic carbocycles. The molecule has 7 nitrogen and oxygen atoms in total. The zero-order valence-electron chi connectivity index (χ0n) is 14.5. The predicted octanol–water partition coefficient (Wildman–Crippen LogP) is 1.57. The number of nitrogens with zero attached hydrogens (tertiary/aromatic N) is 1. The Morgan fingerprint density at radius 1 is 1.24 bits per heavy atom. The third-order valence-corrected chi connectivity index (χ3v) is 3.76. The quantitative estimate of drug-likeness (QED) is 0.590. The summed E-state index contributed by atoms with van der Waals surface area (Å²) < 4.78 is 5.12. The molecule has 1 amide bonds. The summed E-state index contributed by atoms with van der Waals surface area (Å²) in [6, 6.07) is 12.3. The Labute approximate surface area is 146 Å². The standard InChI is InChI=1S/C18H21N3O4/c1-13-4-6-14(7-5-13)11-20(2)12-18(22)19-16-9-8-15(21(23)24)10-17(16)25-3/h4-10H,11-12H2,1-3H3,(H,19,22)/p+1. The number of rotatable bonds is 7. The molecule has 0 aromatic heterocycles. The van der Waals surface area contributed by atoms with Gasteiger partial charge < -0.3 is 15.0 Å². The third-order valence-electron chi connectivity index (χ3n) is 3.76. The van der Waals surface area contributed by atoms with E-state index in [0.717, 1.165) is 17.0 Å². The number of amides is 1. The van der Waals surface area contributed by atoms with Crippen LogP contribution in [-0.2, 0) is 11.3 Å². The van der Waals surface area contributed by atoms with E-state index in [1.165, 1.54) is 30.9 Å². The van der Waals surface area contributed by atoms with Crippen molar-refractivity contribution in [1.29, 1.82) is 0 Å². The first-order valence-corrected chi connectivity index (χ1v) is 7.88. The molecule has 0 heterocycles. The summed E-state index contributed by atoms with van der Waals surface area (Å²) in [4.78, 5) is 23.6. The van der Waals surface area contributed by atoms with E-state index in [-0.39, 0.29) is 23.9 Å². The van der Waals surface area contributed by atoms with Crippen LogP contribution in [-0.4, -0.2) is 31.5 Å². The molecule has 7 heteroatoms. The summed E-state index contributed by atoms with van der Waals surface area (Å²) >= 11 is 0. The number of aryl methyl sites for hydroxylation is 1. The van der Waals surface area contributed by atoms with Crippen molar-refractivity contribution >= 4 is 17.3 Å². The summed E-state index contributed by atoms with van der Waals surface area (Å²) in [5, 5.41) is 13.5. The maximum atomic E-state index is 12.2. The molecule has 1 unspecified atom stereocenters. The third kappa shape index (κ3) is 5.29. The molecule has 0 fully saturated rings. The maximum absolute atomic E-state index is 12.2. The lowest BCUT2D eigenvalue weighted by molar-refractivity contribution is -0.885. The van der Waals surface area contributed by atoms with Crippen molar-refractivity contribution in [2.75, 3.05) is 26.0 Å². The summed E-state index contributed by atoms with van der Waals surface area (Å²) in [5.74, 6) is 0.0792. The Hall–Kier alpha value is -2.93. The zero-order chi connectivity index (χ0) is 18.4. The Morgan fingerprint density at radius 2 is 1.92 bits per heavy atom. The molecule has 0 saturated heterocycles. The second kappa shape index (κ2) is 8.25. The Bertz CT molecular complexity index is 759. The van der Waals surface area contributed by atoms with E-state index in [2.05, 4.69) is 17.4 Å². The van der Waals surface area contributed by atoms with Crippen molar-refractivity contribution in [2.24, 2.45) is 0 Å². The Balaban J connectivity index is 1.97. The molecule has 25 heavy (non-hydrogen) atoms. The number of hydrogen-bond acceptors (Lipinski definition) is 4. The van der Waals surface area contributed by atoms with Crippen molar-refractivity contribution in [3.8, 4) is 5.75 Å². The van der Waals surface area contributed by atoms with Crippen LogP contribution in [0.1, 0.15) is 11.1 Å². The van der Waals surface area contributed by atoms with Gasteiger partial charge in [-0.1, -0.05) is 29.8 Å². The molecule has 0 aliphatic carbocycles. The molecular formula is C18H22N3O4+. The highest BCUT2D eigenvalue weighted by Gasteiger charge is 2.16. The maximum Gasteiger partial charge on any atom is 0.279 e. The first-order valence-electron chi connectivity index (χ1n) is 7.88. The molecule has 0 bridgehead atoms. The Morgan fingerprint density at radius 3 is 2.52 bits per heavy atom. The van der Waals surface area contributed by atoms with E-state index >= 15 is 0 Å². The van der Waals surface area contributed by atoms with Crippen LogP contribution in [0.15, 0.2) is 42.5 Å². The number of anilines is 1. The van der Waals surface area contributed by atoms with Crippen LogP contribution in [0.25, 0.3) is 0 Å². The fraction of sp³-hybridized carbons (Fsp3) is 0.278. The summed E-state index contributed by atoms with van der Waals surface area (Å²) in [5.41, 5.74) is 2.69. The van der Waals surface area contributed by atoms with Gasteiger partial charge in [0.15, 0.2) is 6.54 Å². The van der Waals surface area contributed by atoms with Crippen LogP contribution in [0.3, 0.4) is 0 Å². The lowest BCUT2D eigenvalue weighted by atomic mass is 10.1. The second-order valence-corrected chi connectivity index (χ2v) is 5.99. The van der Waals surface area contributed by atoms with Crippen molar-refractivity contribution in [2.45, 2.75) is 13.5 Å². The monoisotopic (exact) mass is 344 g/mol. The van der Waals surface area contributed by atoms with E-state index in [4.69, 9.17) is 4.74 Å². The second-order valence-electron chi connectivity index (χ2n) is 5.99. The largest absolute Gasteiger partial charge is 0.494 e. The minimum atomic E-state index is -0.506. The van der Waals surface area contributed by atoms with E-state index in [1.54, 1.807) is 0 Å². The fourth-order valence-corrected chi connectivity index (χ4v) is 2.48. The number of hydrogen-bond donors (Lipinski definition) is 2. The normalized spacial score (nSPS) is 11.6. The average Bonchev–Trinajstić information content (AvgIpc) is 2.56. The molecule has 0 aliphatic heterocycles. The number of likely N-dealkylation sites (N-methyl/N-ethyl adjacent to an activating group) is 1. The van der Waals surface area contributed by atoms with Gasteiger partial charge in [-0.15, -0.1) is 0 Å². The fourth-order valence-electron chi connectivity index (χ4n) is 2.48. The van der Waals surface area contributed by atoms with Gasteiger partial charge in [0.05, 0.1) is 30.8 Å². The van der Waals surface area contributed by atoms with E-state index in [1.807, 2.05) is 26.1 Å². The van der Waals surface area contributed by atoms with Crippen LogP contribution in [0.5, 0.6) is 5.75 Å². The van der Waals surface area contributed by atoms with Gasteiger partial charge >= 0.3 is 0 Å². The summed E-state index contributed by atoms with van der Waals surface area (Å²) in [6.45, 7) is 3.03. The molecule has 2 N–H and O–H groups in total. The molecule has 0 saturated carbocycles. The molecule has 132 valence electrons. The summed E-state index contributed by atoms with van der Waals surface area (Å²) in [6.07, 6.45) is 0. The van der Waals surface area contributed by atoms with E-state index in [0.29, 0.717) is 5.69 Å². The van der Waals surface area contributed by atoms with Crippen molar-refractivity contribution < 1.29 is 19.4 Å². The number of nitro groups is 1. The average molecular weight is 344 g/mol. The van der Waals surface area contributed by atoms with Crippen molar-refractivity contribution in [3.05, 3.63) is 63.7 Å². The molecule has 0 spiro atoms. The van der Waals surface area contributed by atoms with Gasteiger partial charge in [0, 0.05) is 11.6 Å². The molecule has 0 radical (unpaired) electrons. The number of nitro benzene ring substituents is 1. The number of nitrogens with one attached hydrogen (secondary N) is 2. The Kier molecular flexibility index (Phi) is 6.08. The van der Waals surface area contributed by atoms with Gasteiger partial charge in [0.25, 0.3) is 11.6 Å². The number of carbonyl (C=O) groups is 1. The van der Waals surface area contributed by atoms with Crippen LogP contribution in [0, 0.1) is 17.0 Å². The van der Waals surface area contributed by atoms with Gasteiger partial charge in [-0.3, -0.25) is 14.9 Å². The van der Waals surface area contributed by atoms with E-state index < -0.39 is 4.92 Å². The van der Waals surface area contributed by atoms with Crippen molar-refractivity contribution in [1.82, 2.24) is 0 Å². The van der Waals surface area contributed by atoms with Crippen LogP contribution < -0.4 is 15.0 Å². The minimum Gasteiger partial charge on any atom is -0.494 e. The smallest absolute Gasteiger partial charge is 0.279 e. The highest BCUT2D eigenvalue weighted by molar-refractivity contribution is 5.93. The predicted molar refractivity (Wildman–Crippen MR) is 94.9 cm³/mol. The lowest BCUT2D eigenvalue weighted by Crippen LogP contribution is -3.08. The first-order chi connectivity index (χ1) is 11.9. The highest BCUT2D eigenvalue weighted by atomic mass is 16.6. The lowest BCUT2D eigenvalue weighted by Gasteiger charge is -2.15. The molecule has 1 atom stereocenters. The molecule has 2 aromatic rings. The number of ether oxygens (including phenoxy) is 1. The SMILES string of the molecule is COc1cc([N+](=O)[O-])ccc1NC(=O)C[NH+](C)Cc1ccc(C)cc1. The van der Waals surface area contributed by atoms with E-state index in [9.17, 15) is 14.9 Å². The number of carbonyl (C=O) groups excluding carboxylic acids is 1. The molecule has 0 aliphatic rings. The minimum absolute atomic E-state index is 0.0861. The number of quaternary nitrogens is 1. The number of methoxy groups -OCH3 is 1. The number of benzene rings is 2. The molecular weight excluding hydrogens is 322 g/mol. The van der Waals surface area contributed by atoms with Gasteiger partial charge in [0.2, 0.25) is 0 Å². The first kappa shape index (κ1) is 18.4. The zero-order valence-corrected chi connectivity index (χ0v) is 14.5. The van der Waals surface area contributed by atoms with Crippen LogP contribution >= 0.6 is 0 Å². The van der Waals surface area contributed by atoms with Crippen LogP contribution in [0.2, 0.25) is 0 Å². The van der Waals surface area contributed by atoms with Gasteiger partial charge in [-0.05, 0) is 13.0 Å². The molecule has 2 rings (SSSR count). The number of non-ortho nitro benzene ring substituents is 1. The van der Waals surface area contributed by atoms with Crippen LogP contribution in [0.4, 0.5) is 11.4 Å². The highest BCUT2D eigenvalue weighted by Crippen LogP contribution is 2.28. The topological polar surface area (TPSA) is 85.9 Å². The van der Waals surface area contributed by atoms with Gasteiger partial charge in [-0.25, -0.2) is 0 Å². The van der Waals surface area contributed by atoms with Gasteiger partial charge in [-0.2, -0.15) is 0 Å².